The molecule has 2 aromatic rings. The van der Waals surface area contributed by atoms with Crippen LogP contribution in [-0.4, -0.2) is 5.11 Å². The predicted molar refractivity (Wildman–Crippen MR) is 67.5 cm³/mol. The highest BCUT2D eigenvalue weighted by Gasteiger charge is 2.11. The van der Waals surface area contributed by atoms with Crippen molar-refractivity contribution >= 4 is 11.8 Å². The van der Waals surface area contributed by atoms with Crippen molar-refractivity contribution in [1.82, 2.24) is 0 Å². The van der Waals surface area contributed by atoms with E-state index >= 15 is 0 Å². The van der Waals surface area contributed by atoms with Gasteiger partial charge in [0.15, 0.2) is 0 Å². The van der Waals surface area contributed by atoms with E-state index in [9.17, 15) is 18.3 Å². The van der Waals surface area contributed by atoms with Gasteiger partial charge in [0, 0.05) is 4.90 Å². The molecule has 0 saturated heterocycles. The zero-order valence-electron chi connectivity index (χ0n) is 10.0. The summed E-state index contributed by atoms with van der Waals surface area (Å²) in [5.41, 5.74) is 0.432. The summed E-state index contributed by atoms with van der Waals surface area (Å²) >= 11 is 0.804. The van der Waals surface area contributed by atoms with E-state index in [2.05, 4.69) is 0 Å². The molecule has 2 aromatic carbocycles. The van der Waals surface area contributed by atoms with Gasteiger partial charge >= 0.3 is 0 Å². The fourth-order valence-electron chi connectivity index (χ4n) is 1.53. The summed E-state index contributed by atoms with van der Waals surface area (Å²) in [5.74, 6) is -1.76. The number of aliphatic hydroxyl groups is 1. The highest BCUT2D eigenvalue weighted by molar-refractivity contribution is 7.99. The van der Waals surface area contributed by atoms with E-state index in [1.165, 1.54) is 19.1 Å². The number of rotatable bonds is 3. The Hall–Kier alpha value is -1.46. The Morgan fingerprint density at radius 3 is 2.32 bits per heavy atom. The van der Waals surface area contributed by atoms with Crippen LogP contribution in [0.5, 0.6) is 0 Å². The van der Waals surface area contributed by atoms with E-state index in [4.69, 9.17) is 0 Å². The SMILES string of the molecule is CC(O)c1ccc(Sc2cc(F)ccc2F)c(F)c1. The Morgan fingerprint density at radius 1 is 0.947 bits per heavy atom. The highest BCUT2D eigenvalue weighted by atomic mass is 32.2. The van der Waals surface area contributed by atoms with Gasteiger partial charge in [0.1, 0.15) is 17.5 Å². The van der Waals surface area contributed by atoms with Crippen molar-refractivity contribution in [2.75, 3.05) is 0 Å². The number of hydrogen-bond donors (Lipinski definition) is 1. The molecule has 0 aliphatic carbocycles. The van der Waals surface area contributed by atoms with Crippen LogP contribution in [0.2, 0.25) is 0 Å². The van der Waals surface area contributed by atoms with Crippen molar-refractivity contribution in [3.63, 3.8) is 0 Å². The molecule has 19 heavy (non-hydrogen) atoms. The summed E-state index contributed by atoms with van der Waals surface area (Å²) in [7, 11) is 0. The largest absolute Gasteiger partial charge is 0.389 e. The Balaban J connectivity index is 2.31. The molecule has 1 N–H and O–H groups in total. The van der Waals surface area contributed by atoms with Crippen LogP contribution in [0.25, 0.3) is 0 Å². The van der Waals surface area contributed by atoms with E-state index in [0.29, 0.717) is 5.56 Å². The average Bonchev–Trinajstić information content (AvgIpc) is 2.36. The van der Waals surface area contributed by atoms with Crippen LogP contribution in [0.3, 0.4) is 0 Å². The highest BCUT2D eigenvalue weighted by Crippen LogP contribution is 2.33. The summed E-state index contributed by atoms with van der Waals surface area (Å²) < 4.78 is 40.2. The molecule has 5 heteroatoms. The maximum atomic E-state index is 13.8. The second kappa shape index (κ2) is 5.67. The molecule has 0 radical (unpaired) electrons. The van der Waals surface area contributed by atoms with Gasteiger partial charge < -0.3 is 5.11 Å². The molecule has 0 amide bonds. The molecule has 0 aliphatic rings. The molecule has 2 rings (SSSR count). The van der Waals surface area contributed by atoms with E-state index < -0.39 is 23.6 Å². The van der Waals surface area contributed by atoms with Gasteiger partial charge in [0.25, 0.3) is 0 Å². The summed E-state index contributed by atoms with van der Waals surface area (Å²) in [6, 6.07) is 7.19. The quantitative estimate of drug-likeness (QED) is 0.906. The maximum absolute atomic E-state index is 13.8. The van der Waals surface area contributed by atoms with Gasteiger partial charge in [-0.05, 0) is 42.8 Å². The van der Waals surface area contributed by atoms with Gasteiger partial charge in [-0.3, -0.25) is 0 Å². The lowest BCUT2D eigenvalue weighted by Gasteiger charge is -2.08. The van der Waals surface area contributed by atoms with Crippen molar-refractivity contribution < 1.29 is 18.3 Å². The number of halogens is 3. The van der Waals surface area contributed by atoms with Crippen molar-refractivity contribution in [1.29, 1.82) is 0 Å². The summed E-state index contributed by atoms with van der Waals surface area (Å²) in [6.07, 6.45) is -0.778. The molecule has 0 aromatic heterocycles. The monoisotopic (exact) mass is 284 g/mol. The third kappa shape index (κ3) is 3.30. The summed E-state index contributed by atoms with van der Waals surface area (Å²) in [4.78, 5) is 0.192. The van der Waals surface area contributed by atoms with Crippen molar-refractivity contribution in [2.45, 2.75) is 22.8 Å². The fourth-order valence-corrected chi connectivity index (χ4v) is 2.40. The zero-order chi connectivity index (χ0) is 14.0. The Bertz CT molecular complexity index is 599. The molecule has 0 bridgehead atoms. The molecule has 0 aliphatic heterocycles. The van der Waals surface area contributed by atoms with E-state index in [1.54, 1.807) is 6.07 Å². The summed E-state index contributed by atoms with van der Waals surface area (Å²) in [5, 5.41) is 9.33. The molecule has 1 unspecified atom stereocenters. The first-order chi connectivity index (χ1) is 8.97. The molecular formula is C14H11F3OS. The normalized spacial score (nSPS) is 12.5. The van der Waals surface area contributed by atoms with Crippen LogP contribution < -0.4 is 0 Å². The minimum atomic E-state index is -0.778. The Labute approximate surface area is 113 Å². The van der Waals surface area contributed by atoms with Crippen molar-refractivity contribution in [2.24, 2.45) is 0 Å². The second-order valence-corrected chi connectivity index (χ2v) is 5.13. The lowest BCUT2D eigenvalue weighted by Crippen LogP contribution is -1.93. The molecule has 1 atom stereocenters. The molecule has 0 fully saturated rings. The van der Waals surface area contributed by atoms with Gasteiger partial charge in [-0.25, -0.2) is 13.2 Å². The van der Waals surface area contributed by atoms with Crippen molar-refractivity contribution in [3.05, 3.63) is 59.4 Å². The topological polar surface area (TPSA) is 20.2 Å². The van der Waals surface area contributed by atoms with E-state index in [-0.39, 0.29) is 9.79 Å². The van der Waals surface area contributed by atoms with E-state index in [1.807, 2.05) is 0 Å². The Kier molecular flexibility index (Phi) is 4.17. The van der Waals surface area contributed by atoms with Crippen LogP contribution in [0.4, 0.5) is 13.2 Å². The molecule has 1 nitrogen and oxygen atoms in total. The number of aliphatic hydroxyl groups excluding tert-OH is 1. The second-order valence-electron chi connectivity index (χ2n) is 4.04. The standard InChI is InChI=1S/C14H11F3OS/c1-8(18)9-2-5-13(12(17)6-9)19-14-7-10(15)3-4-11(14)16/h2-8,18H,1H3. The van der Waals surface area contributed by atoms with Gasteiger partial charge in [0.2, 0.25) is 0 Å². The Morgan fingerprint density at radius 2 is 1.68 bits per heavy atom. The molecule has 100 valence electrons. The molecule has 0 heterocycles. The van der Waals surface area contributed by atoms with Crippen LogP contribution in [0.1, 0.15) is 18.6 Å². The molecular weight excluding hydrogens is 273 g/mol. The summed E-state index contributed by atoms with van der Waals surface area (Å²) in [6.45, 7) is 1.52. The lowest BCUT2D eigenvalue weighted by molar-refractivity contribution is 0.198. The van der Waals surface area contributed by atoms with Crippen molar-refractivity contribution in [3.8, 4) is 0 Å². The van der Waals surface area contributed by atoms with Crippen LogP contribution in [0, 0.1) is 17.5 Å². The minimum absolute atomic E-state index is 0.0173. The molecule has 0 spiro atoms. The van der Waals surface area contributed by atoms with Gasteiger partial charge in [0.05, 0.1) is 11.0 Å². The zero-order valence-corrected chi connectivity index (χ0v) is 10.8. The number of benzene rings is 2. The lowest BCUT2D eigenvalue weighted by atomic mass is 10.1. The van der Waals surface area contributed by atoms with Gasteiger partial charge in [-0.15, -0.1) is 0 Å². The smallest absolute Gasteiger partial charge is 0.137 e. The third-order valence-electron chi connectivity index (χ3n) is 2.55. The van der Waals surface area contributed by atoms with E-state index in [0.717, 1.165) is 30.0 Å². The maximum Gasteiger partial charge on any atom is 0.137 e. The fraction of sp³-hybridized carbons (Fsp3) is 0.143. The average molecular weight is 284 g/mol. The predicted octanol–water partition coefficient (Wildman–Crippen LogP) is 4.31. The first-order valence-electron chi connectivity index (χ1n) is 5.58. The van der Waals surface area contributed by atoms with Crippen LogP contribution >= 0.6 is 11.8 Å². The van der Waals surface area contributed by atoms with Crippen LogP contribution in [0.15, 0.2) is 46.2 Å². The third-order valence-corrected chi connectivity index (χ3v) is 3.64. The van der Waals surface area contributed by atoms with Gasteiger partial charge in [-0.1, -0.05) is 17.8 Å². The first-order valence-corrected chi connectivity index (χ1v) is 6.39. The minimum Gasteiger partial charge on any atom is -0.389 e. The van der Waals surface area contributed by atoms with Crippen LogP contribution in [-0.2, 0) is 0 Å². The van der Waals surface area contributed by atoms with Gasteiger partial charge in [-0.2, -0.15) is 0 Å². The first kappa shape index (κ1) is 14.0. The molecule has 0 saturated carbocycles. The number of hydrogen-bond acceptors (Lipinski definition) is 2.